The molecule has 0 radical (unpaired) electrons. The van der Waals surface area contributed by atoms with Gasteiger partial charge in [0.25, 0.3) is 0 Å². The molecule has 0 spiro atoms. The Balaban J connectivity index is 1.99. The SMILES string of the molecule is CCCCCCCCCCCCCCCCCC1(C[N+](C)(C)CCCO)OCCO1. The van der Waals surface area contributed by atoms with E-state index >= 15 is 0 Å². The summed E-state index contributed by atoms with van der Waals surface area (Å²) >= 11 is 0. The number of unbranched alkanes of at least 4 members (excludes halogenated alkanes) is 14. The molecule has 1 aliphatic heterocycles. The lowest BCUT2D eigenvalue weighted by Crippen LogP contribution is -2.53. The lowest BCUT2D eigenvalue weighted by Gasteiger charge is -2.38. The molecule has 0 unspecified atom stereocenters. The fraction of sp³-hybridized carbons (Fsp3) is 1.00. The van der Waals surface area contributed by atoms with Crippen LogP contribution in [0.3, 0.4) is 0 Å². The summed E-state index contributed by atoms with van der Waals surface area (Å²) in [6.07, 6.45) is 22.7. The Morgan fingerprint density at radius 3 is 1.53 bits per heavy atom. The highest BCUT2D eigenvalue weighted by Gasteiger charge is 2.42. The van der Waals surface area contributed by atoms with Gasteiger partial charge in [-0.1, -0.05) is 96.8 Å². The minimum absolute atomic E-state index is 0.259. The average Bonchev–Trinajstić information content (AvgIpc) is 3.17. The van der Waals surface area contributed by atoms with Gasteiger partial charge in [-0.25, -0.2) is 0 Å². The molecule has 1 saturated heterocycles. The maximum atomic E-state index is 9.13. The van der Waals surface area contributed by atoms with Crippen LogP contribution in [0.25, 0.3) is 0 Å². The van der Waals surface area contributed by atoms with E-state index < -0.39 is 5.79 Å². The van der Waals surface area contributed by atoms with Crippen LogP contribution < -0.4 is 0 Å². The summed E-state index contributed by atoms with van der Waals surface area (Å²) < 4.78 is 13.0. The predicted octanol–water partition coefficient (Wildman–Crippen LogP) is 6.45. The molecule has 4 nitrogen and oxygen atoms in total. The lowest BCUT2D eigenvalue weighted by molar-refractivity contribution is -0.900. The third kappa shape index (κ3) is 14.0. The number of hydrogen-bond acceptors (Lipinski definition) is 3. The van der Waals surface area contributed by atoms with Crippen LogP contribution in [0.2, 0.25) is 0 Å². The topological polar surface area (TPSA) is 38.7 Å². The zero-order valence-electron chi connectivity index (χ0n) is 20.8. The molecule has 180 valence electrons. The van der Waals surface area contributed by atoms with Gasteiger partial charge in [0.2, 0.25) is 5.79 Å². The molecule has 0 aromatic carbocycles. The number of aliphatic hydroxyl groups is 1. The van der Waals surface area contributed by atoms with Gasteiger partial charge in [0, 0.05) is 19.4 Å². The van der Waals surface area contributed by atoms with Gasteiger partial charge in [-0.2, -0.15) is 0 Å². The molecule has 1 fully saturated rings. The highest BCUT2D eigenvalue weighted by Crippen LogP contribution is 2.29. The lowest BCUT2D eigenvalue weighted by atomic mass is 10.0. The molecule has 30 heavy (non-hydrogen) atoms. The molecule has 1 N–H and O–H groups in total. The van der Waals surface area contributed by atoms with E-state index in [1.165, 1.54) is 96.3 Å². The first-order valence-corrected chi connectivity index (χ1v) is 13.2. The highest BCUT2D eigenvalue weighted by molar-refractivity contribution is 4.74. The molecular formula is C26H54NO3+. The number of aliphatic hydroxyl groups excluding tert-OH is 1. The van der Waals surface area contributed by atoms with Gasteiger partial charge in [0.1, 0.15) is 6.54 Å². The van der Waals surface area contributed by atoms with E-state index in [2.05, 4.69) is 21.0 Å². The van der Waals surface area contributed by atoms with Crippen molar-refractivity contribution >= 4 is 0 Å². The van der Waals surface area contributed by atoms with Crippen molar-refractivity contribution in [1.29, 1.82) is 0 Å². The van der Waals surface area contributed by atoms with E-state index in [1.54, 1.807) is 0 Å². The predicted molar refractivity (Wildman–Crippen MR) is 128 cm³/mol. The fourth-order valence-corrected chi connectivity index (χ4v) is 4.81. The molecule has 0 aliphatic carbocycles. The van der Waals surface area contributed by atoms with Crippen molar-refractivity contribution in [2.24, 2.45) is 0 Å². The molecule has 0 saturated carbocycles. The first kappa shape index (κ1) is 27.9. The zero-order chi connectivity index (χ0) is 22.0. The van der Waals surface area contributed by atoms with Crippen LogP contribution in [0.4, 0.5) is 0 Å². The fourth-order valence-electron chi connectivity index (χ4n) is 4.81. The smallest absolute Gasteiger partial charge is 0.218 e. The Morgan fingerprint density at radius 1 is 0.667 bits per heavy atom. The second kappa shape index (κ2) is 17.4. The Hall–Kier alpha value is -0.160. The van der Waals surface area contributed by atoms with E-state index in [0.717, 1.165) is 43.6 Å². The molecule has 1 aliphatic rings. The number of likely N-dealkylation sites (N-methyl/N-ethyl adjacent to an activating group) is 1. The van der Waals surface area contributed by atoms with Crippen LogP contribution in [0.15, 0.2) is 0 Å². The van der Waals surface area contributed by atoms with Crippen molar-refractivity contribution in [3.63, 3.8) is 0 Å². The molecule has 0 aromatic rings. The summed E-state index contributed by atoms with van der Waals surface area (Å²) in [5, 5.41) is 9.13. The van der Waals surface area contributed by atoms with Gasteiger partial charge in [0.15, 0.2) is 0 Å². The summed E-state index contributed by atoms with van der Waals surface area (Å²) in [6.45, 7) is 5.83. The first-order chi connectivity index (χ1) is 14.5. The van der Waals surface area contributed by atoms with E-state index in [1.807, 2.05) is 0 Å². The summed E-state index contributed by atoms with van der Waals surface area (Å²) in [4.78, 5) is 0. The van der Waals surface area contributed by atoms with Crippen molar-refractivity contribution in [3.8, 4) is 0 Å². The largest absolute Gasteiger partial charge is 0.396 e. The van der Waals surface area contributed by atoms with Gasteiger partial charge in [-0.3, -0.25) is 0 Å². The van der Waals surface area contributed by atoms with Crippen molar-refractivity contribution < 1.29 is 19.1 Å². The van der Waals surface area contributed by atoms with Crippen LogP contribution in [-0.4, -0.2) is 62.4 Å². The molecule has 0 atom stereocenters. The average molecular weight is 429 g/mol. The van der Waals surface area contributed by atoms with Crippen molar-refractivity contribution in [3.05, 3.63) is 0 Å². The molecule has 0 amide bonds. The van der Waals surface area contributed by atoms with Crippen molar-refractivity contribution in [2.75, 3.05) is 47.0 Å². The van der Waals surface area contributed by atoms with E-state index in [0.29, 0.717) is 0 Å². The Labute approximate surface area is 188 Å². The van der Waals surface area contributed by atoms with Crippen molar-refractivity contribution in [1.82, 2.24) is 0 Å². The molecule has 4 heteroatoms. The number of nitrogens with zero attached hydrogens (tertiary/aromatic N) is 1. The van der Waals surface area contributed by atoms with Crippen LogP contribution in [0.1, 0.15) is 116 Å². The Morgan fingerprint density at radius 2 is 1.10 bits per heavy atom. The summed E-state index contributed by atoms with van der Waals surface area (Å²) in [5.41, 5.74) is 0. The quantitative estimate of drug-likeness (QED) is 0.169. The summed E-state index contributed by atoms with van der Waals surface area (Å²) in [6, 6.07) is 0. The van der Waals surface area contributed by atoms with Gasteiger partial charge in [-0.05, 0) is 6.42 Å². The van der Waals surface area contributed by atoms with Crippen LogP contribution in [-0.2, 0) is 9.47 Å². The Bertz CT molecular complexity index is 380. The number of quaternary nitrogens is 1. The minimum atomic E-state index is -0.393. The van der Waals surface area contributed by atoms with Crippen LogP contribution >= 0.6 is 0 Å². The van der Waals surface area contributed by atoms with E-state index in [9.17, 15) is 0 Å². The Kier molecular flexibility index (Phi) is 16.2. The summed E-state index contributed by atoms with van der Waals surface area (Å²) in [7, 11) is 4.43. The number of rotatable bonds is 21. The second-order valence-corrected chi connectivity index (χ2v) is 10.2. The summed E-state index contributed by atoms with van der Waals surface area (Å²) in [5.74, 6) is -0.393. The standard InChI is InChI=1S/C26H54NO3/c1-4-5-6-7-8-9-10-11-12-13-14-15-16-17-18-20-26(29-23-24-30-26)25-27(2,3)21-19-22-28/h28H,4-25H2,1-3H3/q+1. The van der Waals surface area contributed by atoms with Gasteiger partial charge in [-0.15, -0.1) is 0 Å². The number of ether oxygens (including phenoxy) is 2. The van der Waals surface area contributed by atoms with Crippen molar-refractivity contribution in [2.45, 2.75) is 122 Å². The molecular weight excluding hydrogens is 374 g/mol. The van der Waals surface area contributed by atoms with E-state index in [-0.39, 0.29) is 6.61 Å². The van der Waals surface area contributed by atoms with Gasteiger partial charge in [0.05, 0.1) is 33.9 Å². The first-order valence-electron chi connectivity index (χ1n) is 13.2. The van der Waals surface area contributed by atoms with Gasteiger partial charge < -0.3 is 19.1 Å². The monoisotopic (exact) mass is 428 g/mol. The molecule has 0 aromatic heterocycles. The molecule has 1 rings (SSSR count). The van der Waals surface area contributed by atoms with E-state index in [4.69, 9.17) is 14.6 Å². The maximum absolute atomic E-state index is 9.13. The van der Waals surface area contributed by atoms with Crippen LogP contribution in [0, 0.1) is 0 Å². The highest BCUT2D eigenvalue weighted by atomic mass is 16.7. The third-order valence-electron chi connectivity index (χ3n) is 6.57. The second-order valence-electron chi connectivity index (χ2n) is 10.2. The van der Waals surface area contributed by atoms with Gasteiger partial charge >= 0.3 is 0 Å². The minimum Gasteiger partial charge on any atom is -0.396 e. The number of hydrogen-bond donors (Lipinski definition) is 1. The molecule has 1 heterocycles. The third-order valence-corrected chi connectivity index (χ3v) is 6.57. The molecule has 0 bridgehead atoms. The van der Waals surface area contributed by atoms with Crippen LogP contribution in [0.5, 0.6) is 0 Å². The maximum Gasteiger partial charge on any atom is 0.218 e. The zero-order valence-corrected chi connectivity index (χ0v) is 20.8. The normalized spacial score (nSPS) is 16.4.